The van der Waals surface area contributed by atoms with Crippen LogP contribution < -0.4 is 9.64 Å². The van der Waals surface area contributed by atoms with Gasteiger partial charge in [-0.05, 0) is 48.7 Å². The van der Waals surface area contributed by atoms with E-state index in [9.17, 15) is 4.79 Å². The number of amides is 1. The summed E-state index contributed by atoms with van der Waals surface area (Å²) in [5.74, 6) is 0.898. The van der Waals surface area contributed by atoms with Gasteiger partial charge in [-0.25, -0.2) is 4.98 Å². The molecule has 3 aromatic rings. The molecule has 0 saturated heterocycles. The molecule has 0 atom stereocenters. The van der Waals surface area contributed by atoms with Crippen molar-refractivity contribution in [2.24, 2.45) is 0 Å². The van der Waals surface area contributed by atoms with E-state index in [-0.39, 0.29) is 5.91 Å². The molecule has 1 aliphatic heterocycles. The lowest BCUT2D eigenvalue weighted by Crippen LogP contribution is -2.30. The number of benzene rings is 2. The molecular weight excluding hydrogens is 344 g/mol. The summed E-state index contributed by atoms with van der Waals surface area (Å²) < 4.78 is 5.25. The van der Waals surface area contributed by atoms with E-state index >= 15 is 0 Å². The van der Waals surface area contributed by atoms with Gasteiger partial charge in [-0.15, -0.1) is 11.3 Å². The van der Waals surface area contributed by atoms with Gasteiger partial charge in [-0.2, -0.15) is 0 Å². The molecule has 0 radical (unpaired) electrons. The van der Waals surface area contributed by atoms with Gasteiger partial charge in [-0.3, -0.25) is 4.79 Å². The Hall–Kier alpha value is -2.66. The van der Waals surface area contributed by atoms with E-state index in [4.69, 9.17) is 4.74 Å². The molecule has 4 rings (SSSR count). The van der Waals surface area contributed by atoms with Gasteiger partial charge in [0.2, 0.25) is 5.91 Å². The Bertz CT molecular complexity index is 964. The summed E-state index contributed by atoms with van der Waals surface area (Å²) in [6, 6.07) is 14.0. The summed E-state index contributed by atoms with van der Waals surface area (Å²) >= 11 is 1.66. The number of carbonyl (C=O) groups excluding carboxylic acids is 1. The van der Waals surface area contributed by atoms with Crippen molar-refractivity contribution in [1.29, 1.82) is 0 Å². The lowest BCUT2D eigenvalue weighted by atomic mass is 10.1. The molecule has 0 fully saturated rings. The van der Waals surface area contributed by atoms with Gasteiger partial charge in [0.1, 0.15) is 5.75 Å². The number of hydrogen-bond acceptors (Lipinski definition) is 4. The third-order valence-corrected chi connectivity index (χ3v) is 5.45. The van der Waals surface area contributed by atoms with Crippen LogP contribution >= 0.6 is 11.3 Å². The Balaban J connectivity index is 1.54. The third-order valence-electron chi connectivity index (χ3n) is 4.68. The van der Waals surface area contributed by atoms with E-state index in [1.807, 2.05) is 36.1 Å². The molecule has 1 aliphatic rings. The fraction of sp³-hybridized carbons (Fsp3) is 0.238. The molecule has 0 bridgehead atoms. The molecule has 0 N–H and O–H groups in total. The molecule has 0 aliphatic carbocycles. The van der Waals surface area contributed by atoms with E-state index < -0.39 is 0 Å². The maximum Gasteiger partial charge on any atom is 0.231 e. The average Bonchev–Trinajstić information content (AvgIpc) is 3.27. The van der Waals surface area contributed by atoms with Crippen molar-refractivity contribution < 1.29 is 9.53 Å². The van der Waals surface area contributed by atoms with Crippen LogP contribution in [0.2, 0.25) is 0 Å². The summed E-state index contributed by atoms with van der Waals surface area (Å²) in [6.45, 7) is 2.75. The predicted molar refractivity (Wildman–Crippen MR) is 105 cm³/mol. The number of aromatic nitrogens is 1. The highest BCUT2D eigenvalue weighted by Crippen LogP contribution is 2.33. The lowest BCUT2D eigenvalue weighted by Gasteiger charge is -2.18. The van der Waals surface area contributed by atoms with E-state index in [0.29, 0.717) is 6.42 Å². The number of aryl methyl sites for hydroxylation is 1. The zero-order valence-electron chi connectivity index (χ0n) is 14.9. The SMILES string of the molecule is COc1cccc(CC(=O)N2CCc3cc(-c4csc(C)n4)ccc32)c1. The third kappa shape index (κ3) is 3.22. The predicted octanol–water partition coefficient (Wildman–Crippen LogP) is 4.26. The Kier molecular flexibility index (Phi) is 4.47. The summed E-state index contributed by atoms with van der Waals surface area (Å²) in [6.07, 6.45) is 1.26. The Labute approximate surface area is 157 Å². The normalized spacial score (nSPS) is 12.9. The highest BCUT2D eigenvalue weighted by Gasteiger charge is 2.25. The minimum Gasteiger partial charge on any atom is -0.497 e. The number of fused-ring (bicyclic) bond motifs is 1. The van der Waals surface area contributed by atoms with E-state index in [1.54, 1.807) is 18.4 Å². The first-order valence-electron chi connectivity index (χ1n) is 8.63. The van der Waals surface area contributed by atoms with Gasteiger partial charge in [0, 0.05) is 23.2 Å². The van der Waals surface area contributed by atoms with Crippen molar-refractivity contribution in [3.63, 3.8) is 0 Å². The number of thiazole rings is 1. The van der Waals surface area contributed by atoms with Crippen molar-refractivity contribution >= 4 is 22.9 Å². The van der Waals surface area contributed by atoms with Crippen LogP contribution in [0.25, 0.3) is 11.3 Å². The molecule has 1 amide bonds. The summed E-state index contributed by atoms with van der Waals surface area (Å²) in [5.41, 5.74) is 5.34. The Morgan fingerprint density at radius 3 is 2.92 bits per heavy atom. The zero-order valence-corrected chi connectivity index (χ0v) is 15.7. The molecule has 5 heteroatoms. The molecule has 2 heterocycles. The summed E-state index contributed by atoms with van der Waals surface area (Å²) in [7, 11) is 1.64. The van der Waals surface area contributed by atoms with Crippen molar-refractivity contribution in [1.82, 2.24) is 4.98 Å². The standard InChI is InChI=1S/C21H20N2O2S/c1-14-22-19(13-26-14)16-6-7-20-17(12-16)8-9-23(20)21(24)11-15-4-3-5-18(10-15)25-2/h3-7,10,12-13H,8-9,11H2,1-2H3. The molecule has 0 spiro atoms. The van der Waals surface area contributed by atoms with Crippen LogP contribution in [0.1, 0.15) is 16.1 Å². The van der Waals surface area contributed by atoms with Crippen molar-refractivity contribution in [3.8, 4) is 17.0 Å². The van der Waals surface area contributed by atoms with Crippen LogP contribution in [0.4, 0.5) is 5.69 Å². The molecular formula is C21H20N2O2S. The topological polar surface area (TPSA) is 42.4 Å². The van der Waals surface area contributed by atoms with Crippen LogP contribution in [0.15, 0.2) is 47.8 Å². The number of ether oxygens (including phenoxy) is 1. The zero-order chi connectivity index (χ0) is 18.1. The Morgan fingerprint density at radius 2 is 2.15 bits per heavy atom. The maximum atomic E-state index is 12.8. The minimum absolute atomic E-state index is 0.120. The number of methoxy groups -OCH3 is 1. The fourth-order valence-corrected chi connectivity index (χ4v) is 3.99. The molecule has 132 valence electrons. The van der Waals surface area contributed by atoms with Gasteiger partial charge >= 0.3 is 0 Å². The second-order valence-corrected chi connectivity index (χ2v) is 7.48. The molecule has 0 unspecified atom stereocenters. The first kappa shape index (κ1) is 16.8. The van der Waals surface area contributed by atoms with E-state index in [2.05, 4.69) is 28.6 Å². The monoisotopic (exact) mass is 364 g/mol. The largest absolute Gasteiger partial charge is 0.497 e. The van der Waals surface area contributed by atoms with E-state index in [1.165, 1.54) is 5.56 Å². The van der Waals surface area contributed by atoms with E-state index in [0.717, 1.165) is 46.2 Å². The molecule has 0 saturated carbocycles. The number of hydrogen-bond donors (Lipinski definition) is 0. The van der Waals surface area contributed by atoms with Crippen molar-refractivity contribution in [3.05, 3.63) is 64.0 Å². The second-order valence-electron chi connectivity index (χ2n) is 6.42. The number of rotatable bonds is 4. The number of anilines is 1. The van der Waals surface area contributed by atoms with Crippen molar-refractivity contribution in [2.45, 2.75) is 19.8 Å². The first-order chi connectivity index (χ1) is 12.6. The van der Waals surface area contributed by atoms with Gasteiger partial charge in [0.15, 0.2) is 0 Å². The molecule has 2 aromatic carbocycles. The Morgan fingerprint density at radius 1 is 1.27 bits per heavy atom. The van der Waals surface area contributed by atoms with Crippen LogP contribution in [0.5, 0.6) is 5.75 Å². The van der Waals surface area contributed by atoms with Crippen LogP contribution in [0.3, 0.4) is 0 Å². The van der Waals surface area contributed by atoms with Crippen LogP contribution in [0, 0.1) is 6.92 Å². The van der Waals surface area contributed by atoms with Crippen molar-refractivity contribution in [2.75, 3.05) is 18.6 Å². The minimum atomic E-state index is 0.120. The van der Waals surface area contributed by atoms with Gasteiger partial charge in [0.25, 0.3) is 0 Å². The lowest BCUT2D eigenvalue weighted by molar-refractivity contribution is -0.117. The van der Waals surface area contributed by atoms with Crippen LogP contribution in [-0.4, -0.2) is 24.5 Å². The molecule has 26 heavy (non-hydrogen) atoms. The fourth-order valence-electron chi connectivity index (χ4n) is 3.37. The average molecular weight is 364 g/mol. The second kappa shape index (κ2) is 6.92. The maximum absolute atomic E-state index is 12.8. The first-order valence-corrected chi connectivity index (χ1v) is 9.51. The highest BCUT2D eigenvalue weighted by molar-refractivity contribution is 7.09. The van der Waals surface area contributed by atoms with Gasteiger partial charge < -0.3 is 9.64 Å². The van der Waals surface area contributed by atoms with Crippen LogP contribution in [-0.2, 0) is 17.6 Å². The smallest absolute Gasteiger partial charge is 0.231 e. The van der Waals surface area contributed by atoms with Gasteiger partial charge in [-0.1, -0.05) is 18.2 Å². The van der Waals surface area contributed by atoms with Gasteiger partial charge in [0.05, 0.1) is 24.2 Å². The highest BCUT2D eigenvalue weighted by atomic mass is 32.1. The molecule has 1 aromatic heterocycles. The summed E-state index contributed by atoms with van der Waals surface area (Å²) in [4.78, 5) is 19.3. The number of carbonyl (C=O) groups is 1. The summed E-state index contributed by atoms with van der Waals surface area (Å²) in [5, 5.41) is 3.15. The molecule has 4 nitrogen and oxygen atoms in total. The number of nitrogens with zero attached hydrogens (tertiary/aromatic N) is 2. The quantitative estimate of drug-likeness (QED) is 0.695.